The molecule has 1 aromatic carbocycles. The zero-order valence-electron chi connectivity index (χ0n) is 11.1. The van der Waals surface area contributed by atoms with E-state index in [1.807, 2.05) is 0 Å². The Morgan fingerprint density at radius 3 is 2.33 bits per heavy atom. The fourth-order valence-electron chi connectivity index (χ4n) is 2.63. The molecule has 0 saturated carbocycles. The van der Waals surface area contributed by atoms with Crippen LogP contribution in [0.4, 0.5) is 0 Å². The van der Waals surface area contributed by atoms with Gasteiger partial charge in [-0.2, -0.15) is 0 Å². The van der Waals surface area contributed by atoms with Gasteiger partial charge in [0.05, 0.1) is 6.04 Å². The van der Waals surface area contributed by atoms with Crippen LogP contribution < -0.4 is 5.73 Å². The summed E-state index contributed by atoms with van der Waals surface area (Å²) < 4.78 is 1.16. The topological polar surface area (TPSA) is 32.5 Å². The molecule has 3 nitrogen and oxygen atoms in total. The molecule has 0 bridgehead atoms. The molecule has 2 rings (SSSR count). The highest BCUT2D eigenvalue weighted by atomic mass is 79.9. The summed E-state index contributed by atoms with van der Waals surface area (Å²) in [6.45, 7) is 6.51. The highest BCUT2D eigenvalue weighted by Crippen LogP contribution is 2.30. The fourth-order valence-corrected chi connectivity index (χ4v) is 3.15. The maximum atomic E-state index is 6.23. The lowest BCUT2D eigenvalue weighted by Gasteiger charge is -2.40. The smallest absolute Gasteiger partial charge is 0.0508 e. The van der Waals surface area contributed by atoms with Gasteiger partial charge in [0.15, 0.2) is 0 Å². The SMILES string of the molecule is CC(N)C(c1ccccc1Br)N1CCN(C)CC1. The molecule has 0 aromatic heterocycles. The van der Waals surface area contributed by atoms with E-state index < -0.39 is 0 Å². The molecule has 2 atom stereocenters. The van der Waals surface area contributed by atoms with Gasteiger partial charge in [-0.15, -0.1) is 0 Å². The standard InChI is InChI=1S/C14H22BrN3/c1-11(16)14(12-5-3-4-6-13(12)15)18-9-7-17(2)8-10-18/h3-6,11,14H,7-10,16H2,1-2H3. The molecular formula is C14H22BrN3. The number of halogens is 1. The lowest BCUT2D eigenvalue weighted by molar-refractivity contribution is 0.100. The van der Waals surface area contributed by atoms with Crippen LogP contribution >= 0.6 is 15.9 Å². The van der Waals surface area contributed by atoms with Crippen molar-refractivity contribution in [3.05, 3.63) is 34.3 Å². The Morgan fingerprint density at radius 2 is 1.78 bits per heavy atom. The maximum absolute atomic E-state index is 6.23. The average molecular weight is 312 g/mol. The first-order chi connectivity index (χ1) is 8.59. The van der Waals surface area contributed by atoms with Crippen LogP contribution in [0.1, 0.15) is 18.5 Å². The lowest BCUT2D eigenvalue weighted by Crippen LogP contribution is -2.49. The summed E-state index contributed by atoms with van der Waals surface area (Å²) in [6, 6.07) is 8.85. The largest absolute Gasteiger partial charge is 0.326 e. The molecule has 0 spiro atoms. The van der Waals surface area contributed by atoms with E-state index in [9.17, 15) is 0 Å². The van der Waals surface area contributed by atoms with Crippen molar-refractivity contribution in [1.82, 2.24) is 9.80 Å². The van der Waals surface area contributed by atoms with Crippen LogP contribution in [-0.4, -0.2) is 49.1 Å². The Balaban J connectivity index is 2.21. The normalized spacial score (nSPS) is 21.8. The average Bonchev–Trinajstić information content (AvgIpc) is 2.34. The van der Waals surface area contributed by atoms with Crippen LogP contribution in [-0.2, 0) is 0 Å². The van der Waals surface area contributed by atoms with E-state index in [2.05, 4.69) is 64.0 Å². The van der Waals surface area contributed by atoms with Gasteiger partial charge < -0.3 is 10.6 Å². The van der Waals surface area contributed by atoms with Crippen molar-refractivity contribution in [3.8, 4) is 0 Å². The molecule has 1 aromatic rings. The minimum Gasteiger partial charge on any atom is -0.326 e. The van der Waals surface area contributed by atoms with Crippen molar-refractivity contribution >= 4 is 15.9 Å². The van der Waals surface area contributed by atoms with Crippen LogP contribution in [0.5, 0.6) is 0 Å². The van der Waals surface area contributed by atoms with Crippen LogP contribution in [0.15, 0.2) is 28.7 Å². The maximum Gasteiger partial charge on any atom is 0.0508 e. The number of nitrogens with two attached hydrogens (primary N) is 1. The number of hydrogen-bond donors (Lipinski definition) is 1. The number of piperazine rings is 1. The van der Waals surface area contributed by atoms with Gasteiger partial charge in [0.2, 0.25) is 0 Å². The quantitative estimate of drug-likeness (QED) is 0.927. The summed E-state index contributed by atoms with van der Waals surface area (Å²) in [4.78, 5) is 4.87. The van der Waals surface area contributed by atoms with Crippen LogP contribution in [0.2, 0.25) is 0 Å². The van der Waals surface area contributed by atoms with Gasteiger partial charge in [0, 0.05) is 36.7 Å². The van der Waals surface area contributed by atoms with E-state index in [4.69, 9.17) is 5.73 Å². The molecular weight excluding hydrogens is 290 g/mol. The van der Waals surface area contributed by atoms with Crippen LogP contribution in [0.3, 0.4) is 0 Å². The van der Waals surface area contributed by atoms with Crippen molar-refractivity contribution in [3.63, 3.8) is 0 Å². The summed E-state index contributed by atoms with van der Waals surface area (Å²) in [5, 5.41) is 0. The third-order valence-electron chi connectivity index (χ3n) is 3.65. The molecule has 0 radical (unpaired) electrons. The third kappa shape index (κ3) is 3.12. The summed E-state index contributed by atoms with van der Waals surface area (Å²) in [7, 11) is 2.18. The van der Waals surface area contributed by atoms with E-state index in [0.29, 0.717) is 6.04 Å². The highest BCUT2D eigenvalue weighted by Gasteiger charge is 2.27. The molecule has 1 aliphatic rings. The first kappa shape index (κ1) is 14.0. The second kappa shape index (κ2) is 6.15. The van der Waals surface area contributed by atoms with Crippen LogP contribution in [0.25, 0.3) is 0 Å². The van der Waals surface area contributed by atoms with Gasteiger partial charge in [-0.25, -0.2) is 0 Å². The highest BCUT2D eigenvalue weighted by molar-refractivity contribution is 9.10. The van der Waals surface area contributed by atoms with Gasteiger partial charge in [-0.05, 0) is 25.6 Å². The third-order valence-corrected chi connectivity index (χ3v) is 4.38. The molecule has 1 heterocycles. The Hall–Kier alpha value is -0.420. The number of hydrogen-bond acceptors (Lipinski definition) is 3. The second-order valence-electron chi connectivity index (χ2n) is 5.16. The van der Waals surface area contributed by atoms with E-state index >= 15 is 0 Å². The molecule has 0 amide bonds. The van der Waals surface area contributed by atoms with Crippen LogP contribution in [0, 0.1) is 0 Å². The summed E-state index contributed by atoms with van der Waals surface area (Å²) in [6.07, 6.45) is 0. The van der Waals surface area contributed by atoms with E-state index in [-0.39, 0.29) is 6.04 Å². The van der Waals surface area contributed by atoms with Gasteiger partial charge in [0.1, 0.15) is 0 Å². The van der Waals surface area contributed by atoms with Crippen molar-refractivity contribution in [1.29, 1.82) is 0 Å². The molecule has 1 saturated heterocycles. The number of rotatable bonds is 3. The Kier molecular flexibility index (Phi) is 4.78. The van der Waals surface area contributed by atoms with E-state index in [0.717, 1.165) is 30.7 Å². The van der Waals surface area contributed by atoms with Gasteiger partial charge in [-0.3, -0.25) is 4.90 Å². The zero-order valence-corrected chi connectivity index (χ0v) is 12.7. The Morgan fingerprint density at radius 1 is 1.17 bits per heavy atom. The number of likely N-dealkylation sites (N-methyl/N-ethyl adjacent to an activating group) is 1. The lowest BCUT2D eigenvalue weighted by atomic mass is 9.98. The first-order valence-corrected chi connectivity index (χ1v) is 7.31. The van der Waals surface area contributed by atoms with Crippen molar-refractivity contribution in [2.45, 2.75) is 19.0 Å². The second-order valence-corrected chi connectivity index (χ2v) is 6.02. The molecule has 1 aliphatic heterocycles. The minimum atomic E-state index is 0.132. The monoisotopic (exact) mass is 311 g/mol. The molecule has 0 aliphatic carbocycles. The van der Waals surface area contributed by atoms with Crippen molar-refractivity contribution in [2.24, 2.45) is 5.73 Å². The fraction of sp³-hybridized carbons (Fsp3) is 0.571. The van der Waals surface area contributed by atoms with Gasteiger partial charge >= 0.3 is 0 Å². The van der Waals surface area contributed by atoms with Crippen molar-refractivity contribution < 1.29 is 0 Å². The molecule has 2 unspecified atom stereocenters. The van der Waals surface area contributed by atoms with E-state index in [1.165, 1.54) is 5.56 Å². The summed E-state index contributed by atoms with van der Waals surface area (Å²) in [5.74, 6) is 0. The van der Waals surface area contributed by atoms with E-state index in [1.54, 1.807) is 0 Å². The minimum absolute atomic E-state index is 0.132. The van der Waals surface area contributed by atoms with Gasteiger partial charge in [-0.1, -0.05) is 34.1 Å². The molecule has 2 N–H and O–H groups in total. The molecule has 4 heteroatoms. The zero-order chi connectivity index (χ0) is 13.1. The van der Waals surface area contributed by atoms with Crippen molar-refractivity contribution in [2.75, 3.05) is 33.2 Å². The molecule has 18 heavy (non-hydrogen) atoms. The predicted molar refractivity (Wildman–Crippen MR) is 79.6 cm³/mol. The predicted octanol–water partition coefficient (Wildman–Crippen LogP) is 2.08. The van der Waals surface area contributed by atoms with Gasteiger partial charge in [0.25, 0.3) is 0 Å². The number of benzene rings is 1. The first-order valence-electron chi connectivity index (χ1n) is 6.52. The summed E-state index contributed by atoms with van der Waals surface area (Å²) >= 11 is 3.65. The Bertz CT molecular complexity index is 386. The molecule has 1 fully saturated rings. The molecule has 100 valence electrons. The number of nitrogens with zero attached hydrogens (tertiary/aromatic N) is 2. The summed E-state index contributed by atoms with van der Waals surface area (Å²) in [5.41, 5.74) is 7.53. The Labute approximate surface area is 118 Å².